The molecule has 1 aromatic carbocycles. The van der Waals surface area contributed by atoms with Crippen LogP contribution in [-0.4, -0.2) is 16.7 Å². The van der Waals surface area contributed by atoms with Gasteiger partial charge in [-0.2, -0.15) is 0 Å². The average Bonchev–Trinajstić information content (AvgIpc) is 2.81. The first-order valence-electron chi connectivity index (χ1n) is 6.02. The predicted molar refractivity (Wildman–Crippen MR) is 75.5 cm³/mol. The van der Waals surface area contributed by atoms with Crippen molar-refractivity contribution in [2.75, 3.05) is 7.11 Å². The highest BCUT2D eigenvalue weighted by molar-refractivity contribution is 5.94. The second kappa shape index (κ2) is 4.31. The number of pyridine rings is 1. The Bertz CT molecular complexity index is 799. The molecule has 0 aliphatic rings. The van der Waals surface area contributed by atoms with Crippen LogP contribution in [0.15, 0.2) is 47.5 Å². The molecule has 0 saturated carbocycles. The zero-order chi connectivity index (χ0) is 13.4. The molecule has 0 aliphatic heterocycles. The maximum absolute atomic E-state index is 11.5. The van der Waals surface area contributed by atoms with Crippen molar-refractivity contribution >= 4 is 10.9 Å². The van der Waals surface area contributed by atoms with Gasteiger partial charge in [-0.05, 0) is 12.1 Å². The van der Waals surface area contributed by atoms with Crippen molar-refractivity contribution in [3.8, 4) is 16.9 Å². The Hall–Kier alpha value is -2.49. The van der Waals surface area contributed by atoms with Gasteiger partial charge >= 0.3 is 0 Å². The van der Waals surface area contributed by atoms with Crippen molar-refractivity contribution in [1.82, 2.24) is 9.55 Å². The highest BCUT2D eigenvalue weighted by atomic mass is 16.5. The minimum atomic E-state index is -0.217. The van der Waals surface area contributed by atoms with E-state index in [4.69, 9.17) is 4.74 Å². The number of rotatable bonds is 2. The molecule has 19 heavy (non-hydrogen) atoms. The van der Waals surface area contributed by atoms with Gasteiger partial charge in [-0.1, -0.05) is 18.2 Å². The van der Waals surface area contributed by atoms with Crippen molar-refractivity contribution in [1.29, 1.82) is 0 Å². The van der Waals surface area contributed by atoms with E-state index in [1.807, 2.05) is 25.4 Å². The molecule has 0 unspecified atom stereocenters. The van der Waals surface area contributed by atoms with Crippen LogP contribution in [0.1, 0.15) is 0 Å². The Labute approximate surface area is 110 Å². The van der Waals surface area contributed by atoms with Crippen LogP contribution < -0.4 is 10.3 Å². The lowest BCUT2D eigenvalue weighted by Crippen LogP contribution is -2.08. The maximum Gasteiger partial charge on any atom is 0.290 e. The fraction of sp³-hybridized carbons (Fsp3) is 0.133. The van der Waals surface area contributed by atoms with E-state index in [1.165, 1.54) is 12.5 Å². The molecule has 0 bridgehead atoms. The average molecular weight is 254 g/mol. The third-order valence-corrected chi connectivity index (χ3v) is 3.30. The SMILES string of the molecule is COc1cc(-c2cccc3ccn(C)c23)c[nH]c1=O. The maximum atomic E-state index is 11.5. The molecule has 3 aromatic rings. The van der Waals surface area contributed by atoms with Gasteiger partial charge in [0.1, 0.15) is 0 Å². The van der Waals surface area contributed by atoms with E-state index in [9.17, 15) is 4.79 Å². The third kappa shape index (κ3) is 1.81. The molecular formula is C15H14N2O2. The Morgan fingerprint density at radius 3 is 2.89 bits per heavy atom. The minimum absolute atomic E-state index is 0.217. The van der Waals surface area contributed by atoms with Gasteiger partial charge in [0.05, 0.1) is 12.6 Å². The predicted octanol–water partition coefficient (Wildman–Crippen LogP) is 2.54. The summed E-state index contributed by atoms with van der Waals surface area (Å²) in [5, 5.41) is 1.17. The van der Waals surface area contributed by atoms with E-state index in [2.05, 4.69) is 21.7 Å². The third-order valence-electron chi connectivity index (χ3n) is 3.30. The molecule has 0 atom stereocenters. The first kappa shape index (κ1) is 11.6. The highest BCUT2D eigenvalue weighted by Gasteiger charge is 2.09. The lowest BCUT2D eigenvalue weighted by Gasteiger charge is -2.07. The first-order chi connectivity index (χ1) is 9.20. The van der Waals surface area contributed by atoms with Crippen LogP contribution in [-0.2, 0) is 7.05 Å². The summed E-state index contributed by atoms with van der Waals surface area (Å²) in [4.78, 5) is 14.2. The number of hydrogen-bond donors (Lipinski definition) is 1. The lowest BCUT2D eigenvalue weighted by molar-refractivity contribution is 0.408. The van der Waals surface area contributed by atoms with E-state index >= 15 is 0 Å². The summed E-state index contributed by atoms with van der Waals surface area (Å²) in [5.41, 5.74) is 2.92. The molecule has 1 N–H and O–H groups in total. The van der Waals surface area contributed by atoms with E-state index in [1.54, 1.807) is 12.3 Å². The number of nitrogens with zero attached hydrogens (tertiary/aromatic N) is 1. The largest absolute Gasteiger partial charge is 0.491 e. The zero-order valence-electron chi connectivity index (χ0n) is 10.8. The Morgan fingerprint density at radius 1 is 1.26 bits per heavy atom. The molecule has 4 heteroatoms. The highest BCUT2D eigenvalue weighted by Crippen LogP contribution is 2.29. The Morgan fingerprint density at radius 2 is 2.11 bits per heavy atom. The second-order valence-electron chi connectivity index (χ2n) is 4.46. The number of aryl methyl sites for hydroxylation is 1. The second-order valence-corrected chi connectivity index (χ2v) is 4.46. The summed E-state index contributed by atoms with van der Waals surface area (Å²) < 4.78 is 7.15. The van der Waals surface area contributed by atoms with Crippen molar-refractivity contribution in [3.63, 3.8) is 0 Å². The number of aromatic nitrogens is 2. The van der Waals surface area contributed by atoms with Gasteiger partial charge in [-0.25, -0.2) is 0 Å². The molecule has 4 nitrogen and oxygen atoms in total. The number of H-pyrrole nitrogens is 1. The molecule has 0 aliphatic carbocycles. The first-order valence-corrected chi connectivity index (χ1v) is 6.02. The lowest BCUT2D eigenvalue weighted by atomic mass is 10.0. The fourth-order valence-electron chi connectivity index (χ4n) is 2.36. The molecule has 0 spiro atoms. The van der Waals surface area contributed by atoms with Crippen LogP contribution in [0.4, 0.5) is 0 Å². The molecular weight excluding hydrogens is 240 g/mol. The smallest absolute Gasteiger partial charge is 0.290 e. The molecule has 0 amide bonds. The van der Waals surface area contributed by atoms with E-state index < -0.39 is 0 Å². The van der Waals surface area contributed by atoms with Crippen LogP contribution in [0.5, 0.6) is 5.75 Å². The molecule has 0 saturated heterocycles. The number of para-hydroxylation sites is 1. The Balaban J connectivity index is 2.30. The number of benzene rings is 1. The summed E-state index contributed by atoms with van der Waals surface area (Å²) in [6.07, 6.45) is 3.74. The van der Waals surface area contributed by atoms with E-state index in [0.717, 1.165) is 16.6 Å². The number of nitrogens with one attached hydrogen (secondary N) is 1. The number of hydrogen-bond acceptors (Lipinski definition) is 2. The number of aromatic amines is 1. The summed E-state index contributed by atoms with van der Waals surface area (Å²) >= 11 is 0. The monoisotopic (exact) mass is 254 g/mol. The zero-order valence-corrected chi connectivity index (χ0v) is 10.8. The molecule has 0 fully saturated rings. The topological polar surface area (TPSA) is 47.0 Å². The summed E-state index contributed by atoms with van der Waals surface area (Å²) in [6, 6.07) is 9.95. The van der Waals surface area contributed by atoms with Gasteiger partial charge in [-0.3, -0.25) is 4.79 Å². The van der Waals surface area contributed by atoms with Gasteiger partial charge in [0.25, 0.3) is 5.56 Å². The van der Waals surface area contributed by atoms with Gasteiger partial charge < -0.3 is 14.3 Å². The summed E-state index contributed by atoms with van der Waals surface area (Å²) in [5.74, 6) is 0.323. The van der Waals surface area contributed by atoms with Crippen molar-refractivity contribution < 1.29 is 4.74 Å². The Kier molecular flexibility index (Phi) is 2.63. The van der Waals surface area contributed by atoms with Crippen molar-refractivity contribution in [2.45, 2.75) is 0 Å². The van der Waals surface area contributed by atoms with Crippen LogP contribution in [0.2, 0.25) is 0 Å². The van der Waals surface area contributed by atoms with Gasteiger partial charge in [-0.15, -0.1) is 0 Å². The molecule has 3 rings (SSSR count). The molecule has 2 heterocycles. The normalized spacial score (nSPS) is 10.8. The van der Waals surface area contributed by atoms with E-state index in [0.29, 0.717) is 5.75 Å². The number of fused-ring (bicyclic) bond motifs is 1. The van der Waals surface area contributed by atoms with E-state index in [-0.39, 0.29) is 5.56 Å². The van der Waals surface area contributed by atoms with Crippen LogP contribution in [0.3, 0.4) is 0 Å². The quantitative estimate of drug-likeness (QED) is 0.764. The molecule has 96 valence electrons. The van der Waals surface area contributed by atoms with Gasteiger partial charge in [0, 0.05) is 36.0 Å². The van der Waals surface area contributed by atoms with Crippen LogP contribution in [0, 0.1) is 0 Å². The minimum Gasteiger partial charge on any atom is -0.491 e. The number of methoxy groups -OCH3 is 1. The standard InChI is InChI=1S/C15H14N2O2/c1-17-7-6-10-4-3-5-12(14(10)17)11-8-13(19-2)15(18)16-9-11/h3-9H,1-2H3,(H,16,18). The number of ether oxygens (including phenoxy) is 1. The molecule has 2 aromatic heterocycles. The fourth-order valence-corrected chi connectivity index (χ4v) is 2.36. The van der Waals surface area contributed by atoms with Crippen LogP contribution >= 0.6 is 0 Å². The van der Waals surface area contributed by atoms with Gasteiger partial charge in [0.2, 0.25) is 0 Å². The van der Waals surface area contributed by atoms with Crippen molar-refractivity contribution in [3.05, 3.63) is 53.1 Å². The van der Waals surface area contributed by atoms with Crippen molar-refractivity contribution in [2.24, 2.45) is 7.05 Å². The van der Waals surface area contributed by atoms with Crippen LogP contribution in [0.25, 0.3) is 22.0 Å². The molecule has 0 radical (unpaired) electrons. The summed E-state index contributed by atoms with van der Waals surface area (Å²) in [7, 11) is 3.51. The van der Waals surface area contributed by atoms with Gasteiger partial charge in [0.15, 0.2) is 5.75 Å². The summed E-state index contributed by atoms with van der Waals surface area (Å²) in [6.45, 7) is 0.